The van der Waals surface area contributed by atoms with Crippen molar-refractivity contribution in [3.63, 3.8) is 0 Å². The number of hydrogen-bond acceptors (Lipinski definition) is 7. The Balaban J connectivity index is 1.82. The summed E-state index contributed by atoms with van der Waals surface area (Å²) in [5, 5.41) is 17.3. The van der Waals surface area contributed by atoms with Gasteiger partial charge in [-0.05, 0) is 54.4 Å². The summed E-state index contributed by atoms with van der Waals surface area (Å²) >= 11 is 12.0. The first-order valence-electron chi connectivity index (χ1n) is 11.9. The van der Waals surface area contributed by atoms with Gasteiger partial charge in [0.05, 0.1) is 30.4 Å². The van der Waals surface area contributed by atoms with Crippen molar-refractivity contribution < 1.29 is 23.1 Å². The lowest BCUT2D eigenvalue weighted by molar-refractivity contribution is -0.144. The normalized spacial score (nSPS) is 17.4. The lowest BCUT2D eigenvalue weighted by atomic mass is 9.91. The van der Waals surface area contributed by atoms with Crippen molar-refractivity contribution in [2.75, 3.05) is 13.7 Å². The van der Waals surface area contributed by atoms with E-state index in [1.54, 1.807) is 12.1 Å². The van der Waals surface area contributed by atoms with Crippen molar-refractivity contribution in [2.24, 2.45) is 10.1 Å². The van der Waals surface area contributed by atoms with E-state index in [1.807, 2.05) is 42.5 Å². The average molecular weight is 590 g/mol. The maximum Gasteiger partial charge on any atom is 0.333 e. The summed E-state index contributed by atoms with van der Waals surface area (Å²) in [6.07, 6.45) is -1.28. The van der Waals surface area contributed by atoms with Gasteiger partial charge in [-0.2, -0.15) is 5.10 Å². The molecule has 0 radical (unpaired) electrons. The fourth-order valence-corrected chi connectivity index (χ4v) is 5.27. The maximum absolute atomic E-state index is 13.3. The third kappa shape index (κ3) is 6.77. The molecule has 4 rings (SSSR count). The molecular weight excluding hydrogens is 563 g/mol. The Kier molecular flexibility index (Phi) is 8.91. The number of ether oxygens (including phenoxy) is 1. The van der Waals surface area contributed by atoms with Gasteiger partial charge in [0.2, 0.25) is 5.96 Å². The van der Waals surface area contributed by atoms with Crippen LogP contribution in [0.25, 0.3) is 0 Å². The summed E-state index contributed by atoms with van der Waals surface area (Å²) in [5.74, 6) is -1.37. The molecule has 1 aliphatic rings. The third-order valence-electron chi connectivity index (χ3n) is 6.01. The lowest BCUT2D eigenvalue weighted by Gasteiger charge is -2.22. The Hall–Kier alpha value is -3.44. The second-order valence-corrected chi connectivity index (χ2v) is 11.3. The number of aliphatic hydroxyl groups is 1. The van der Waals surface area contributed by atoms with E-state index in [0.29, 0.717) is 15.8 Å². The molecule has 204 valence electrons. The molecule has 0 amide bonds. The van der Waals surface area contributed by atoms with Crippen LogP contribution in [0.3, 0.4) is 0 Å². The fraction of sp³-hybridized carbons (Fsp3) is 0.222. The maximum atomic E-state index is 13.3. The first-order chi connectivity index (χ1) is 18.6. The van der Waals surface area contributed by atoms with Crippen LogP contribution in [0.4, 0.5) is 0 Å². The van der Waals surface area contributed by atoms with Crippen LogP contribution in [0.1, 0.15) is 24.0 Å². The Bertz CT molecular complexity index is 1480. The van der Waals surface area contributed by atoms with Crippen molar-refractivity contribution in [3.05, 3.63) is 100 Å². The van der Waals surface area contributed by atoms with Gasteiger partial charge in [0.25, 0.3) is 10.0 Å². The van der Waals surface area contributed by atoms with Gasteiger partial charge in [0.1, 0.15) is 0 Å². The van der Waals surface area contributed by atoms with Crippen LogP contribution in [0.5, 0.6) is 0 Å². The van der Waals surface area contributed by atoms with Crippen LogP contribution in [-0.2, 0) is 19.6 Å². The van der Waals surface area contributed by atoms with Crippen LogP contribution in [0.2, 0.25) is 10.0 Å². The number of aliphatic hydroxyl groups excluding tert-OH is 1. The van der Waals surface area contributed by atoms with E-state index in [9.17, 15) is 18.3 Å². The Morgan fingerprint density at radius 2 is 1.64 bits per heavy atom. The molecule has 0 fully saturated rings. The first kappa shape index (κ1) is 28.6. The summed E-state index contributed by atoms with van der Waals surface area (Å²) < 4.78 is 33.9. The van der Waals surface area contributed by atoms with Crippen LogP contribution in [0, 0.1) is 0 Å². The molecule has 0 spiro atoms. The fourth-order valence-electron chi connectivity index (χ4n) is 4.01. The molecule has 0 saturated carbocycles. The topological polar surface area (TPSA) is 121 Å². The molecule has 1 aliphatic heterocycles. The molecule has 0 aliphatic carbocycles. The van der Waals surface area contributed by atoms with Crippen molar-refractivity contribution in [1.82, 2.24) is 9.73 Å². The number of hydrogen-bond donors (Lipinski definition) is 2. The predicted octanol–water partition coefficient (Wildman–Crippen LogP) is 4.05. The highest BCUT2D eigenvalue weighted by Crippen LogP contribution is 2.30. The van der Waals surface area contributed by atoms with Crippen LogP contribution < -0.4 is 4.72 Å². The number of halogens is 2. The van der Waals surface area contributed by atoms with Gasteiger partial charge < -0.3 is 9.84 Å². The van der Waals surface area contributed by atoms with E-state index in [4.69, 9.17) is 33.0 Å². The molecule has 9 nitrogen and oxygen atoms in total. The van der Waals surface area contributed by atoms with Gasteiger partial charge in [0, 0.05) is 16.0 Å². The highest BCUT2D eigenvalue weighted by atomic mass is 35.5. The molecule has 0 saturated heterocycles. The van der Waals surface area contributed by atoms with Crippen LogP contribution >= 0.6 is 23.2 Å². The summed E-state index contributed by atoms with van der Waals surface area (Å²) in [6, 6.07) is 20.9. The molecule has 12 heteroatoms. The zero-order chi connectivity index (χ0) is 28.2. The number of nitrogens with one attached hydrogen (secondary N) is 1. The summed E-state index contributed by atoms with van der Waals surface area (Å²) in [7, 11) is -3.03. The zero-order valence-electron chi connectivity index (χ0n) is 21.0. The van der Waals surface area contributed by atoms with Crippen LogP contribution in [-0.4, -0.2) is 62.0 Å². The number of hydrazone groups is 1. The minimum absolute atomic E-state index is 0.0769. The number of esters is 1. The largest absolute Gasteiger partial charge is 0.467 e. The van der Waals surface area contributed by atoms with Crippen molar-refractivity contribution >= 4 is 50.9 Å². The van der Waals surface area contributed by atoms with Gasteiger partial charge >= 0.3 is 5.97 Å². The number of sulfonamides is 1. The third-order valence-corrected chi connectivity index (χ3v) is 7.86. The average Bonchev–Trinajstić information content (AvgIpc) is 3.37. The number of benzene rings is 3. The number of aliphatic imine (C=N–C) groups is 1. The monoisotopic (exact) mass is 588 g/mol. The Morgan fingerprint density at radius 3 is 2.21 bits per heavy atom. The minimum Gasteiger partial charge on any atom is -0.467 e. The molecular formula is C27H26Cl2N4O5S. The standard InChI is InChI=1S/C27H26Cl2N4O5S/c1-17(34)24(26(35)38-2)30-27(32-39(36,37)22-14-12-21(29)13-15-22)33-16-23(18-6-4-3-5-7-18)25(31-33)19-8-10-20(28)11-9-19/h3-15,17,23-24,34H,16H2,1-2H3,(H,30,32). The van der Waals surface area contributed by atoms with E-state index in [2.05, 4.69) is 9.71 Å². The predicted molar refractivity (Wildman–Crippen MR) is 151 cm³/mol. The number of rotatable bonds is 7. The number of nitrogens with zero attached hydrogens (tertiary/aromatic N) is 3. The summed E-state index contributed by atoms with van der Waals surface area (Å²) in [6.45, 7) is 1.55. The SMILES string of the molecule is COC(=O)C(N=C(NS(=O)(=O)c1ccc(Cl)cc1)N1CC(c2ccccc2)C(c2ccc(Cl)cc2)=N1)C(C)O. The molecule has 1 heterocycles. The smallest absolute Gasteiger partial charge is 0.333 e. The molecule has 3 unspecified atom stereocenters. The summed E-state index contributed by atoms with van der Waals surface area (Å²) in [4.78, 5) is 16.7. The van der Waals surface area contributed by atoms with Crippen molar-refractivity contribution in [3.8, 4) is 0 Å². The second-order valence-electron chi connectivity index (χ2n) is 8.76. The van der Waals surface area contributed by atoms with Gasteiger partial charge in [-0.25, -0.2) is 27.9 Å². The van der Waals surface area contributed by atoms with Crippen molar-refractivity contribution in [2.45, 2.75) is 29.9 Å². The van der Waals surface area contributed by atoms with E-state index >= 15 is 0 Å². The number of carbonyl (C=O) groups is 1. The molecule has 3 aromatic carbocycles. The molecule has 2 N–H and O–H groups in total. The minimum atomic E-state index is -4.19. The molecule has 3 atom stereocenters. The number of guanidine groups is 1. The van der Waals surface area contributed by atoms with E-state index in [-0.39, 0.29) is 23.3 Å². The number of methoxy groups -OCH3 is 1. The van der Waals surface area contributed by atoms with E-state index in [0.717, 1.165) is 18.2 Å². The van der Waals surface area contributed by atoms with Crippen molar-refractivity contribution in [1.29, 1.82) is 0 Å². The molecule has 39 heavy (non-hydrogen) atoms. The zero-order valence-corrected chi connectivity index (χ0v) is 23.4. The van der Waals surface area contributed by atoms with E-state index in [1.165, 1.54) is 36.2 Å². The van der Waals surface area contributed by atoms with Gasteiger partial charge in [-0.15, -0.1) is 0 Å². The van der Waals surface area contributed by atoms with E-state index < -0.39 is 28.1 Å². The first-order valence-corrected chi connectivity index (χ1v) is 14.1. The second kappa shape index (κ2) is 12.2. The molecule has 3 aromatic rings. The highest BCUT2D eigenvalue weighted by Gasteiger charge is 2.35. The summed E-state index contributed by atoms with van der Waals surface area (Å²) in [5.41, 5.74) is 2.35. The Labute approximate surface area is 236 Å². The van der Waals surface area contributed by atoms with Gasteiger partial charge in [-0.1, -0.05) is 65.7 Å². The molecule has 0 aromatic heterocycles. The quantitative estimate of drug-likeness (QED) is 0.244. The molecule has 0 bridgehead atoms. The number of carbonyl (C=O) groups excluding carboxylic acids is 1. The van der Waals surface area contributed by atoms with Gasteiger partial charge in [-0.3, -0.25) is 0 Å². The van der Waals surface area contributed by atoms with Crippen LogP contribution in [0.15, 0.2) is 93.9 Å². The van der Waals surface area contributed by atoms with Gasteiger partial charge in [0.15, 0.2) is 6.04 Å². The lowest BCUT2D eigenvalue weighted by Crippen LogP contribution is -2.44. The highest BCUT2D eigenvalue weighted by molar-refractivity contribution is 7.90. The Morgan fingerprint density at radius 1 is 1.05 bits per heavy atom.